The molecule has 13 heavy (non-hydrogen) atoms. The normalized spacial score (nSPS) is 19.7. The third-order valence-electron chi connectivity index (χ3n) is 2.32. The zero-order valence-corrected chi connectivity index (χ0v) is 8.27. The average molecular weight is 198 g/mol. The van der Waals surface area contributed by atoms with Gasteiger partial charge < -0.3 is 10.1 Å². The number of halogens is 1. The molecule has 0 radical (unpaired) electrons. The molecule has 1 aliphatic heterocycles. The molecule has 2 nitrogen and oxygen atoms in total. The smallest absolute Gasteiger partial charge is 0.141 e. The highest BCUT2D eigenvalue weighted by atomic mass is 35.5. The summed E-state index contributed by atoms with van der Waals surface area (Å²) in [5.74, 6) is 1.31. The molecule has 2 rings (SSSR count). The van der Waals surface area contributed by atoms with Gasteiger partial charge in [0.2, 0.25) is 0 Å². The Bertz CT molecular complexity index is 314. The lowest BCUT2D eigenvalue weighted by Crippen LogP contribution is -2.17. The number of likely N-dealkylation sites (N-methyl/N-ethyl adjacent to an activating group) is 1. The Hall–Kier alpha value is -0.730. The van der Waals surface area contributed by atoms with Crippen molar-refractivity contribution in [2.75, 3.05) is 20.2 Å². The average Bonchev–Trinajstić information content (AvgIpc) is 2.51. The van der Waals surface area contributed by atoms with Crippen molar-refractivity contribution in [3.8, 4) is 5.75 Å². The molecule has 1 unspecified atom stereocenters. The third-order valence-corrected chi connectivity index (χ3v) is 2.61. The number of para-hydroxylation sites is 1. The van der Waals surface area contributed by atoms with Crippen LogP contribution >= 0.6 is 11.6 Å². The van der Waals surface area contributed by atoms with Crippen molar-refractivity contribution in [1.82, 2.24) is 5.32 Å². The van der Waals surface area contributed by atoms with Crippen molar-refractivity contribution in [1.29, 1.82) is 0 Å². The van der Waals surface area contributed by atoms with Crippen LogP contribution in [0.2, 0.25) is 5.02 Å². The van der Waals surface area contributed by atoms with Crippen LogP contribution in [0.5, 0.6) is 5.75 Å². The van der Waals surface area contributed by atoms with Crippen LogP contribution in [0.3, 0.4) is 0 Å². The van der Waals surface area contributed by atoms with Gasteiger partial charge in [-0.3, -0.25) is 0 Å². The van der Waals surface area contributed by atoms with E-state index < -0.39 is 0 Å². The summed E-state index contributed by atoms with van der Waals surface area (Å²) in [5.41, 5.74) is 1.22. The maximum absolute atomic E-state index is 5.99. The molecule has 70 valence electrons. The van der Waals surface area contributed by atoms with E-state index in [-0.39, 0.29) is 0 Å². The maximum Gasteiger partial charge on any atom is 0.141 e. The van der Waals surface area contributed by atoms with Gasteiger partial charge in [-0.1, -0.05) is 23.7 Å². The number of ether oxygens (including phenoxy) is 1. The molecule has 0 spiro atoms. The van der Waals surface area contributed by atoms with Gasteiger partial charge in [-0.05, 0) is 13.1 Å². The van der Waals surface area contributed by atoms with Crippen molar-refractivity contribution in [3.05, 3.63) is 28.8 Å². The summed E-state index contributed by atoms with van der Waals surface area (Å²) in [6.45, 7) is 1.67. The lowest BCUT2D eigenvalue weighted by atomic mass is 10.0. The quantitative estimate of drug-likeness (QED) is 0.784. The summed E-state index contributed by atoms with van der Waals surface area (Å²) in [5, 5.41) is 3.87. The van der Waals surface area contributed by atoms with Gasteiger partial charge >= 0.3 is 0 Å². The van der Waals surface area contributed by atoms with Crippen molar-refractivity contribution < 1.29 is 4.74 Å². The zero-order chi connectivity index (χ0) is 9.26. The van der Waals surface area contributed by atoms with Gasteiger partial charge in [0, 0.05) is 18.0 Å². The fraction of sp³-hybridized carbons (Fsp3) is 0.400. The Morgan fingerprint density at radius 3 is 3.23 bits per heavy atom. The molecule has 3 heteroatoms. The monoisotopic (exact) mass is 197 g/mol. The van der Waals surface area contributed by atoms with Crippen LogP contribution in [0.15, 0.2) is 18.2 Å². The minimum absolute atomic E-state index is 0.443. The summed E-state index contributed by atoms with van der Waals surface area (Å²) in [6, 6.07) is 5.91. The van der Waals surface area contributed by atoms with Gasteiger partial charge in [0.1, 0.15) is 5.75 Å². The fourth-order valence-electron chi connectivity index (χ4n) is 1.69. The summed E-state index contributed by atoms with van der Waals surface area (Å²) < 4.78 is 5.52. The molecule has 1 aromatic rings. The molecule has 0 bridgehead atoms. The second-order valence-corrected chi connectivity index (χ2v) is 3.63. The first-order valence-corrected chi connectivity index (χ1v) is 4.76. The Kier molecular flexibility index (Phi) is 2.42. The van der Waals surface area contributed by atoms with E-state index in [9.17, 15) is 0 Å². The van der Waals surface area contributed by atoms with E-state index >= 15 is 0 Å². The van der Waals surface area contributed by atoms with E-state index in [0.717, 1.165) is 23.9 Å². The lowest BCUT2D eigenvalue weighted by molar-refractivity contribution is 0.328. The standard InChI is InChI=1S/C10H12ClNO/c1-12-5-7-6-13-10-8(7)3-2-4-9(10)11/h2-4,7,12H,5-6H2,1H3. The molecule has 0 fully saturated rings. The highest BCUT2D eigenvalue weighted by molar-refractivity contribution is 6.32. The number of hydrogen-bond acceptors (Lipinski definition) is 2. The fourth-order valence-corrected chi connectivity index (χ4v) is 1.92. The number of rotatable bonds is 2. The van der Waals surface area contributed by atoms with Crippen LogP contribution in [0, 0.1) is 0 Å². The van der Waals surface area contributed by atoms with Gasteiger partial charge in [0.05, 0.1) is 11.6 Å². The van der Waals surface area contributed by atoms with Gasteiger partial charge in [0.15, 0.2) is 0 Å². The van der Waals surface area contributed by atoms with Crippen molar-refractivity contribution >= 4 is 11.6 Å². The Balaban J connectivity index is 2.32. The molecular formula is C10H12ClNO. The lowest BCUT2D eigenvalue weighted by Gasteiger charge is -2.06. The largest absolute Gasteiger partial charge is 0.491 e. The molecule has 0 saturated carbocycles. The highest BCUT2D eigenvalue weighted by Gasteiger charge is 2.24. The molecule has 1 N–H and O–H groups in total. The Morgan fingerprint density at radius 1 is 1.62 bits per heavy atom. The molecular weight excluding hydrogens is 186 g/mol. The zero-order valence-electron chi connectivity index (χ0n) is 7.51. The minimum atomic E-state index is 0.443. The van der Waals surface area contributed by atoms with E-state index in [1.807, 2.05) is 19.2 Å². The van der Waals surface area contributed by atoms with Gasteiger partial charge in [-0.15, -0.1) is 0 Å². The molecule has 1 heterocycles. The molecule has 0 amide bonds. The van der Waals surface area contributed by atoms with Crippen LogP contribution in [-0.2, 0) is 0 Å². The summed E-state index contributed by atoms with van der Waals surface area (Å²) in [6.07, 6.45) is 0. The molecule has 1 atom stereocenters. The Morgan fingerprint density at radius 2 is 2.46 bits per heavy atom. The number of nitrogens with one attached hydrogen (secondary N) is 1. The summed E-state index contributed by atoms with van der Waals surface area (Å²) in [4.78, 5) is 0. The van der Waals surface area contributed by atoms with E-state index in [4.69, 9.17) is 16.3 Å². The summed E-state index contributed by atoms with van der Waals surface area (Å²) in [7, 11) is 1.95. The number of benzene rings is 1. The minimum Gasteiger partial charge on any atom is -0.491 e. The molecule has 0 aliphatic carbocycles. The van der Waals surface area contributed by atoms with Crippen molar-refractivity contribution in [2.45, 2.75) is 5.92 Å². The predicted molar refractivity (Wildman–Crippen MR) is 53.6 cm³/mol. The molecule has 0 saturated heterocycles. The predicted octanol–water partition coefficient (Wildman–Crippen LogP) is 2.04. The number of hydrogen-bond donors (Lipinski definition) is 1. The van der Waals surface area contributed by atoms with E-state index in [2.05, 4.69) is 11.4 Å². The topological polar surface area (TPSA) is 21.3 Å². The van der Waals surface area contributed by atoms with Crippen LogP contribution in [0.25, 0.3) is 0 Å². The first kappa shape index (κ1) is 8.85. The molecule has 1 aliphatic rings. The first-order valence-electron chi connectivity index (χ1n) is 4.38. The van der Waals surface area contributed by atoms with Gasteiger partial charge in [-0.2, -0.15) is 0 Å². The number of fused-ring (bicyclic) bond motifs is 1. The van der Waals surface area contributed by atoms with Crippen LogP contribution < -0.4 is 10.1 Å². The van der Waals surface area contributed by atoms with E-state index in [1.54, 1.807) is 0 Å². The van der Waals surface area contributed by atoms with E-state index in [1.165, 1.54) is 5.56 Å². The van der Waals surface area contributed by atoms with Gasteiger partial charge in [-0.25, -0.2) is 0 Å². The van der Waals surface area contributed by atoms with Crippen molar-refractivity contribution in [2.24, 2.45) is 0 Å². The van der Waals surface area contributed by atoms with Gasteiger partial charge in [0.25, 0.3) is 0 Å². The maximum atomic E-state index is 5.99. The second-order valence-electron chi connectivity index (χ2n) is 3.22. The van der Waals surface area contributed by atoms with Crippen LogP contribution in [0.1, 0.15) is 11.5 Å². The van der Waals surface area contributed by atoms with Crippen molar-refractivity contribution in [3.63, 3.8) is 0 Å². The highest BCUT2D eigenvalue weighted by Crippen LogP contribution is 2.38. The first-order chi connectivity index (χ1) is 6.33. The van der Waals surface area contributed by atoms with Crippen LogP contribution in [-0.4, -0.2) is 20.2 Å². The molecule has 1 aromatic carbocycles. The SMILES string of the molecule is CNCC1COc2c(Cl)cccc21. The Labute approximate surface area is 82.9 Å². The second kappa shape index (κ2) is 3.56. The molecule has 0 aromatic heterocycles. The third kappa shape index (κ3) is 1.52. The van der Waals surface area contributed by atoms with Crippen LogP contribution in [0.4, 0.5) is 0 Å². The van der Waals surface area contributed by atoms with E-state index in [0.29, 0.717) is 5.92 Å². The summed E-state index contributed by atoms with van der Waals surface area (Å²) >= 11 is 5.99.